The van der Waals surface area contributed by atoms with E-state index < -0.39 is 11.6 Å². The normalized spacial score (nSPS) is 19.2. The molecule has 0 spiro atoms. The van der Waals surface area contributed by atoms with Gasteiger partial charge in [0.2, 0.25) is 5.91 Å². The summed E-state index contributed by atoms with van der Waals surface area (Å²) in [5.74, 6) is -1.50. The predicted molar refractivity (Wildman–Crippen MR) is 101 cm³/mol. The van der Waals surface area contributed by atoms with Crippen molar-refractivity contribution < 1.29 is 23.1 Å². The molecule has 0 radical (unpaired) electrons. The summed E-state index contributed by atoms with van der Waals surface area (Å²) in [6.07, 6.45) is 0.475. The summed E-state index contributed by atoms with van der Waals surface area (Å²) in [5, 5.41) is 2.91. The van der Waals surface area contributed by atoms with Gasteiger partial charge in [0, 0.05) is 32.1 Å². The Morgan fingerprint density at radius 3 is 2.69 bits per heavy atom. The van der Waals surface area contributed by atoms with Gasteiger partial charge in [-0.1, -0.05) is 0 Å². The Hall–Kier alpha value is -2.82. The minimum atomic E-state index is -0.961. The number of aromatic nitrogens is 2. The predicted octanol–water partition coefficient (Wildman–Crippen LogP) is 1.43. The highest BCUT2D eigenvalue weighted by atomic mass is 32.1. The topological polar surface area (TPSA) is 87.7 Å². The molecule has 2 saturated heterocycles. The fourth-order valence-corrected chi connectivity index (χ4v) is 3.95. The largest absolute Gasteiger partial charge is 0.487 e. The van der Waals surface area contributed by atoms with Crippen molar-refractivity contribution in [2.75, 3.05) is 31.1 Å². The SMILES string of the molecule is CC(=O)N1CC[C@@H](NC(=O)c2nsnc2N2CC(Oc3ccc(F)c(F)c3)C2)C1. The molecule has 8 nitrogen and oxygen atoms in total. The van der Waals surface area contributed by atoms with Crippen LogP contribution in [-0.4, -0.2) is 63.8 Å². The van der Waals surface area contributed by atoms with Crippen molar-refractivity contribution in [2.45, 2.75) is 25.5 Å². The lowest BCUT2D eigenvalue weighted by Gasteiger charge is -2.39. The van der Waals surface area contributed by atoms with Crippen molar-refractivity contribution >= 4 is 29.4 Å². The molecule has 1 aromatic carbocycles. The third-order valence-electron chi connectivity index (χ3n) is 5.00. The second-order valence-electron chi connectivity index (χ2n) is 7.08. The van der Waals surface area contributed by atoms with Gasteiger partial charge in [-0.2, -0.15) is 8.75 Å². The highest BCUT2D eigenvalue weighted by molar-refractivity contribution is 6.99. The van der Waals surface area contributed by atoms with Gasteiger partial charge < -0.3 is 19.9 Å². The number of carbonyl (C=O) groups is 2. The fraction of sp³-hybridized carbons (Fsp3) is 0.444. The van der Waals surface area contributed by atoms with E-state index in [1.54, 1.807) is 4.90 Å². The van der Waals surface area contributed by atoms with Crippen molar-refractivity contribution in [3.8, 4) is 5.75 Å². The molecule has 3 heterocycles. The van der Waals surface area contributed by atoms with E-state index in [0.29, 0.717) is 38.4 Å². The number of ether oxygens (including phenoxy) is 1. The van der Waals surface area contributed by atoms with Gasteiger partial charge in [0.05, 0.1) is 24.8 Å². The molecule has 0 aliphatic carbocycles. The maximum Gasteiger partial charge on any atom is 0.275 e. The van der Waals surface area contributed by atoms with Crippen LogP contribution < -0.4 is 15.0 Å². The highest BCUT2D eigenvalue weighted by Crippen LogP contribution is 2.27. The molecule has 1 atom stereocenters. The number of carbonyl (C=O) groups excluding carboxylic acids is 2. The van der Waals surface area contributed by atoms with Crippen LogP contribution in [0.15, 0.2) is 18.2 Å². The van der Waals surface area contributed by atoms with Crippen LogP contribution in [0.1, 0.15) is 23.8 Å². The molecule has 1 N–H and O–H groups in total. The third kappa shape index (κ3) is 4.14. The molecule has 0 saturated carbocycles. The summed E-state index contributed by atoms with van der Waals surface area (Å²) in [5.41, 5.74) is 0.238. The second kappa shape index (κ2) is 7.90. The number of hydrogen-bond donors (Lipinski definition) is 1. The minimum Gasteiger partial charge on any atom is -0.487 e. The zero-order chi connectivity index (χ0) is 20.5. The fourth-order valence-electron chi connectivity index (χ4n) is 3.38. The molecule has 154 valence electrons. The zero-order valence-corrected chi connectivity index (χ0v) is 16.4. The molecule has 2 aromatic rings. The van der Waals surface area contributed by atoms with Gasteiger partial charge in [-0.05, 0) is 18.6 Å². The monoisotopic (exact) mass is 423 g/mol. The van der Waals surface area contributed by atoms with Crippen molar-refractivity contribution in [1.29, 1.82) is 0 Å². The summed E-state index contributed by atoms with van der Waals surface area (Å²) in [7, 11) is 0. The van der Waals surface area contributed by atoms with Crippen LogP contribution >= 0.6 is 11.7 Å². The Labute approximate surface area is 169 Å². The van der Waals surface area contributed by atoms with E-state index in [9.17, 15) is 18.4 Å². The summed E-state index contributed by atoms with van der Waals surface area (Å²) in [4.78, 5) is 27.6. The Balaban J connectivity index is 1.32. The van der Waals surface area contributed by atoms with E-state index in [-0.39, 0.29) is 35.4 Å². The first-order valence-corrected chi connectivity index (χ1v) is 9.89. The third-order valence-corrected chi connectivity index (χ3v) is 5.52. The minimum absolute atomic E-state index is 0.00887. The van der Waals surface area contributed by atoms with E-state index >= 15 is 0 Å². The average Bonchev–Trinajstić information content (AvgIpc) is 3.30. The molecule has 2 aliphatic heterocycles. The van der Waals surface area contributed by atoms with E-state index in [2.05, 4.69) is 14.1 Å². The van der Waals surface area contributed by atoms with E-state index in [1.807, 2.05) is 4.90 Å². The lowest BCUT2D eigenvalue weighted by Crippen LogP contribution is -2.54. The maximum absolute atomic E-state index is 13.3. The molecular formula is C18H19F2N5O3S. The zero-order valence-electron chi connectivity index (χ0n) is 15.6. The molecule has 29 heavy (non-hydrogen) atoms. The smallest absolute Gasteiger partial charge is 0.275 e. The van der Waals surface area contributed by atoms with Crippen LogP contribution in [0.5, 0.6) is 5.75 Å². The summed E-state index contributed by atoms with van der Waals surface area (Å²) in [6, 6.07) is 3.29. The van der Waals surface area contributed by atoms with Crippen molar-refractivity contribution in [3.63, 3.8) is 0 Å². The Kier molecular flexibility index (Phi) is 5.31. The summed E-state index contributed by atoms with van der Waals surface area (Å²) < 4.78 is 40.2. The number of benzene rings is 1. The van der Waals surface area contributed by atoms with Crippen molar-refractivity contribution in [1.82, 2.24) is 19.0 Å². The number of nitrogens with one attached hydrogen (secondary N) is 1. The number of anilines is 1. The molecule has 0 bridgehead atoms. The Bertz CT molecular complexity index is 934. The van der Waals surface area contributed by atoms with Gasteiger partial charge in [0.1, 0.15) is 11.9 Å². The van der Waals surface area contributed by atoms with Crippen LogP contribution in [-0.2, 0) is 4.79 Å². The lowest BCUT2D eigenvalue weighted by atomic mass is 10.1. The summed E-state index contributed by atoms with van der Waals surface area (Å²) >= 11 is 0.945. The van der Waals surface area contributed by atoms with Gasteiger partial charge in [-0.15, -0.1) is 0 Å². The Morgan fingerprint density at radius 1 is 1.21 bits per heavy atom. The number of hydrogen-bond acceptors (Lipinski definition) is 7. The van der Waals surface area contributed by atoms with Crippen LogP contribution in [0.3, 0.4) is 0 Å². The molecule has 2 aliphatic rings. The lowest BCUT2D eigenvalue weighted by molar-refractivity contribution is -0.127. The molecule has 2 fully saturated rings. The Morgan fingerprint density at radius 2 is 2.00 bits per heavy atom. The second-order valence-corrected chi connectivity index (χ2v) is 7.61. The first-order chi connectivity index (χ1) is 13.9. The van der Waals surface area contributed by atoms with Gasteiger partial charge in [-0.3, -0.25) is 9.59 Å². The van der Waals surface area contributed by atoms with E-state index in [0.717, 1.165) is 23.9 Å². The van der Waals surface area contributed by atoms with Crippen molar-refractivity contribution in [2.24, 2.45) is 0 Å². The highest BCUT2D eigenvalue weighted by Gasteiger charge is 2.35. The van der Waals surface area contributed by atoms with E-state index in [1.165, 1.54) is 13.0 Å². The van der Waals surface area contributed by atoms with Gasteiger partial charge in [-0.25, -0.2) is 8.78 Å². The van der Waals surface area contributed by atoms with Crippen LogP contribution in [0, 0.1) is 11.6 Å². The van der Waals surface area contributed by atoms with Gasteiger partial charge >= 0.3 is 0 Å². The first-order valence-electron chi connectivity index (χ1n) is 9.16. The first kappa shape index (κ1) is 19.5. The number of amides is 2. The quantitative estimate of drug-likeness (QED) is 0.783. The molecular weight excluding hydrogens is 404 g/mol. The van der Waals surface area contributed by atoms with Gasteiger partial charge in [0.15, 0.2) is 23.1 Å². The number of nitrogens with zero attached hydrogens (tertiary/aromatic N) is 4. The number of halogens is 2. The van der Waals surface area contributed by atoms with Crippen LogP contribution in [0.2, 0.25) is 0 Å². The number of rotatable bonds is 5. The molecule has 1 aromatic heterocycles. The average molecular weight is 423 g/mol. The maximum atomic E-state index is 13.3. The van der Waals surface area contributed by atoms with E-state index in [4.69, 9.17) is 4.74 Å². The standard InChI is InChI=1S/C18H19F2N5O3S/c1-10(26)24-5-4-11(7-24)21-18(27)16-17(23-29-22-16)25-8-13(9-25)28-12-2-3-14(19)15(20)6-12/h2-3,6,11,13H,4-5,7-9H2,1H3,(H,21,27)/t11-/m1/s1. The molecule has 2 amide bonds. The molecule has 4 rings (SSSR count). The van der Waals surface area contributed by atoms with Gasteiger partial charge in [0.25, 0.3) is 5.91 Å². The molecule has 0 unspecified atom stereocenters. The molecule has 11 heteroatoms. The van der Waals surface area contributed by atoms with Crippen molar-refractivity contribution in [3.05, 3.63) is 35.5 Å². The summed E-state index contributed by atoms with van der Waals surface area (Å²) in [6.45, 7) is 3.52. The van der Waals surface area contributed by atoms with Crippen LogP contribution in [0.25, 0.3) is 0 Å². The number of likely N-dealkylation sites (tertiary alicyclic amines) is 1. The van der Waals surface area contributed by atoms with Crippen LogP contribution in [0.4, 0.5) is 14.6 Å².